The number of rotatable bonds is 7. The molecule has 2 heterocycles. The molecule has 0 saturated carbocycles. The minimum atomic E-state index is -3.68. The lowest BCUT2D eigenvalue weighted by atomic mass is 9.84. The molecule has 188 valence electrons. The van der Waals surface area contributed by atoms with Crippen LogP contribution < -0.4 is 15.3 Å². The van der Waals surface area contributed by atoms with E-state index in [1.807, 2.05) is 33.1 Å². The summed E-state index contributed by atoms with van der Waals surface area (Å²) >= 11 is 1.42. The molecule has 1 amide bonds. The van der Waals surface area contributed by atoms with Crippen molar-refractivity contribution in [2.45, 2.75) is 60.9 Å². The molecule has 1 aromatic rings. The SMILES string of the molecule is CCOP1(=O)N=C(C2=C(O)C(C(C)(C)C)N(CCC(C)(C)C)C2=O)Nc2ccc(NSC)cc21. The number of hydrogen-bond donors (Lipinski definition) is 3. The van der Waals surface area contributed by atoms with Crippen molar-refractivity contribution in [1.82, 2.24) is 4.90 Å². The molecule has 3 rings (SSSR count). The van der Waals surface area contributed by atoms with Crippen LogP contribution in [0.3, 0.4) is 0 Å². The Balaban J connectivity index is 2.09. The summed E-state index contributed by atoms with van der Waals surface area (Å²) in [4.78, 5) is 15.4. The maximum absolute atomic E-state index is 13.9. The van der Waals surface area contributed by atoms with Crippen molar-refractivity contribution in [2.24, 2.45) is 15.6 Å². The van der Waals surface area contributed by atoms with Gasteiger partial charge in [-0.3, -0.25) is 9.36 Å². The highest BCUT2D eigenvalue weighted by molar-refractivity contribution is 7.99. The molecule has 2 aliphatic heterocycles. The molecule has 8 nitrogen and oxygen atoms in total. The smallest absolute Gasteiger partial charge is 0.348 e. The number of carbonyl (C=O) groups excluding carboxylic acids is 1. The predicted molar refractivity (Wildman–Crippen MR) is 142 cm³/mol. The van der Waals surface area contributed by atoms with Gasteiger partial charge in [0.15, 0.2) is 5.84 Å². The molecule has 3 N–H and O–H groups in total. The summed E-state index contributed by atoms with van der Waals surface area (Å²) in [7, 11) is -3.68. The highest BCUT2D eigenvalue weighted by atomic mass is 32.2. The maximum atomic E-state index is 13.9. The first-order valence-corrected chi connectivity index (χ1v) is 14.3. The van der Waals surface area contributed by atoms with Crippen molar-refractivity contribution >= 4 is 47.9 Å². The van der Waals surface area contributed by atoms with Crippen LogP contribution in [-0.4, -0.2) is 47.2 Å². The number of carbonyl (C=O) groups is 1. The largest absolute Gasteiger partial charge is 0.509 e. The van der Waals surface area contributed by atoms with E-state index in [0.29, 0.717) is 17.5 Å². The van der Waals surface area contributed by atoms with Crippen LogP contribution in [0.15, 0.2) is 34.3 Å². The second-order valence-electron chi connectivity index (χ2n) is 10.9. The van der Waals surface area contributed by atoms with E-state index in [9.17, 15) is 14.5 Å². The van der Waals surface area contributed by atoms with Crippen molar-refractivity contribution in [2.75, 3.05) is 29.4 Å². The van der Waals surface area contributed by atoms with Gasteiger partial charge in [-0.15, -0.1) is 0 Å². The van der Waals surface area contributed by atoms with Gasteiger partial charge < -0.3 is 24.6 Å². The van der Waals surface area contributed by atoms with Gasteiger partial charge in [-0.2, -0.15) is 4.76 Å². The highest BCUT2D eigenvalue weighted by Gasteiger charge is 2.48. The average molecular weight is 509 g/mol. The summed E-state index contributed by atoms with van der Waals surface area (Å²) in [5.41, 5.74) is 0.988. The fourth-order valence-electron chi connectivity index (χ4n) is 4.22. The number of anilines is 2. The third-order valence-electron chi connectivity index (χ3n) is 5.77. The quantitative estimate of drug-likeness (QED) is 0.327. The first kappa shape index (κ1) is 26.6. The third kappa shape index (κ3) is 5.31. The van der Waals surface area contributed by atoms with E-state index in [-0.39, 0.29) is 35.1 Å². The second kappa shape index (κ2) is 9.59. The summed E-state index contributed by atoms with van der Waals surface area (Å²) < 4.78 is 27.1. The van der Waals surface area contributed by atoms with E-state index in [2.05, 4.69) is 35.6 Å². The van der Waals surface area contributed by atoms with Crippen LogP contribution in [0.25, 0.3) is 0 Å². The van der Waals surface area contributed by atoms with Crippen LogP contribution in [0.2, 0.25) is 0 Å². The number of amides is 1. The van der Waals surface area contributed by atoms with Crippen molar-refractivity contribution in [1.29, 1.82) is 0 Å². The van der Waals surface area contributed by atoms with Gasteiger partial charge in [0.05, 0.1) is 23.6 Å². The van der Waals surface area contributed by atoms with E-state index in [4.69, 9.17) is 4.52 Å². The molecule has 0 saturated heterocycles. The average Bonchev–Trinajstić information content (AvgIpc) is 2.96. The van der Waals surface area contributed by atoms with Gasteiger partial charge in [-0.25, -0.2) is 0 Å². The Labute approximate surface area is 207 Å². The fraction of sp³-hybridized carbons (Fsp3) is 0.583. The second-order valence-corrected chi connectivity index (χ2v) is 13.5. The topological polar surface area (TPSA) is 103 Å². The number of aliphatic hydroxyl groups is 1. The standard InChI is InChI=1S/C24H37N4O4PS/c1-9-32-33(31)17-14-15(27-34-8)10-11-16(17)25-21(26-33)18-19(29)20(24(5,6)7)28(22(18)30)13-12-23(2,3)4/h10-11,14,20,27,29H,9,12-13H2,1-8H3,(H,25,26,31). The molecule has 0 bridgehead atoms. The number of nitrogens with zero attached hydrogens (tertiary/aromatic N) is 2. The Kier molecular flexibility index (Phi) is 7.52. The van der Waals surface area contributed by atoms with Crippen molar-refractivity contribution < 1.29 is 19.0 Å². The van der Waals surface area contributed by atoms with E-state index in [0.717, 1.165) is 12.1 Å². The Morgan fingerprint density at radius 3 is 2.50 bits per heavy atom. The molecule has 1 aromatic carbocycles. The Morgan fingerprint density at radius 2 is 1.94 bits per heavy atom. The fourth-order valence-corrected chi connectivity index (χ4v) is 6.39. The summed E-state index contributed by atoms with van der Waals surface area (Å²) in [6.45, 7) is 14.8. The Bertz CT molecular complexity index is 1070. The lowest BCUT2D eigenvalue weighted by Crippen LogP contribution is -2.45. The first-order chi connectivity index (χ1) is 15.7. The summed E-state index contributed by atoms with van der Waals surface area (Å²) in [6.07, 6.45) is 2.67. The van der Waals surface area contributed by atoms with E-state index >= 15 is 0 Å². The van der Waals surface area contributed by atoms with Crippen LogP contribution in [0.1, 0.15) is 54.9 Å². The van der Waals surface area contributed by atoms with Crippen LogP contribution in [0.4, 0.5) is 11.4 Å². The molecule has 2 aliphatic rings. The number of fused-ring (bicyclic) bond motifs is 1. The summed E-state index contributed by atoms with van der Waals surface area (Å²) in [6, 6.07) is 4.86. The van der Waals surface area contributed by atoms with Gasteiger partial charge in [0.1, 0.15) is 11.3 Å². The number of benzene rings is 1. The molecular formula is C24H37N4O4PS. The van der Waals surface area contributed by atoms with Gasteiger partial charge in [-0.05, 0) is 42.4 Å². The molecule has 0 spiro atoms. The Morgan fingerprint density at radius 1 is 1.26 bits per heavy atom. The number of nitrogens with one attached hydrogen (secondary N) is 2. The minimum absolute atomic E-state index is 0.0216. The van der Waals surface area contributed by atoms with Crippen LogP contribution in [0, 0.1) is 10.8 Å². The molecule has 0 aromatic heterocycles. The van der Waals surface area contributed by atoms with E-state index in [1.54, 1.807) is 24.0 Å². The minimum Gasteiger partial charge on any atom is -0.509 e. The normalized spacial score (nSPS) is 23.1. The zero-order valence-electron chi connectivity index (χ0n) is 21.4. The summed E-state index contributed by atoms with van der Waals surface area (Å²) in [5, 5.41) is 14.9. The molecule has 34 heavy (non-hydrogen) atoms. The number of aliphatic hydroxyl groups excluding tert-OH is 1. The zero-order valence-corrected chi connectivity index (χ0v) is 23.1. The first-order valence-electron chi connectivity index (χ1n) is 11.5. The molecule has 0 fully saturated rings. The maximum Gasteiger partial charge on any atom is 0.348 e. The molecule has 0 aliphatic carbocycles. The molecule has 10 heteroatoms. The highest BCUT2D eigenvalue weighted by Crippen LogP contribution is 2.53. The van der Waals surface area contributed by atoms with Gasteiger partial charge in [-0.1, -0.05) is 53.5 Å². The monoisotopic (exact) mass is 508 g/mol. The lowest BCUT2D eigenvalue weighted by molar-refractivity contribution is -0.128. The lowest BCUT2D eigenvalue weighted by Gasteiger charge is -2.36. The molecular weight excluding hydrogens is 471 g/mol. The zero-order chi connectivity index (χ0) is 25.5. The van der Waals surface area contributed by atoms with Crippen molar-refractivity contribution in [3.63, 3.8) is 0 Å². The van der Waals surface area contributed by atoms with Crippen LogP contribution in [-0.2, 0) is 13.9 Å². The van der Waals surface area contributed by atoms with Crippen LogP contribution >= 0.6 is 19.5 Å². The molecule has 2 unspecified atom stereocenters. The van der Waals surface area contributed by atoms with Gasteiger partial charge in [0.2, 0.25) is 0 Å². The third-order valence-corrected chi connectivity index (χ3v) is 8.26. The van der Waals surface area contributed by atoms with Gasteiger partial charge >= 0.3 is 7.52 Å². The predicted octanol–water partition coefficient (Wildman–Crippen LogP) is 5.56. The van der Waals surface area contributed by atoms with E-state index in [1.165, 1.54) is 11.9 Å². The van der Waals surface area contributed by atoms with Crippen molar-refractivity contribution in [3.05, 3.63) is 29.5 Å². The van der Waals surface area contributed by atoms with Crippen LogP contribution in [0.5, 0.6) is 0 Å². The van der Waals surface area contributed by atoms with Crippen molar-refractivity contribution in [3.8, 4) is 0 Å². The number of hydrogen-bond acceptors (Lipinski definition) is 7. The molecule has 0 radical (unpaired) electrons. The number of amidine groups is 1. The summed E-state index contributed by atoms with van der Waals surface area (Å²) in [5.74, 6) is -0.283. The van der Waals surface area contributed by atoms with E-state index < -0.39 is 19.0 Å². The van der Waals surface area contributed by atoms with Gasteiger partial charge in [0.25, 0.3) is 5.91 Å². The molecule has 2 atom stereocenters. The Hall–Kier alpha value is -1.96. The van der Waals surface area contributed by atoms with Gasteiger partial charge in [0, 0.05) is 18.5 Å².